The van der Waals surface area contributed by atoms with Gasteiger partial charge in [-0.2, -0.15) is 0 Å². The fraction of sp³-hybridized carbons (Fsp3) is 0.429. The lowest BCUT2D eigenvalue weighted by atomic mass is 10.2. The third-order valence-electron chi connectivity index (χ3n) is 3.36. The predicted octanol–water partition coefficient (Wildman–Crippen LogP) is 1.14. The molecule has 1 N–H and O–H groups in total. The van der Waals surface area contributed by atoms with Gasteiger partial charge >= 0.3 is 0 Å². The molecule has 0 spiro atoms. The van der Waals surface area contributed by atoms with E-state index in [0.29, 0.717) is 11.9 Å². The summed E-state index contributed by atoms with van der Waals surface area (Å²) in [7, 11) is 0. The summed E-state index contributed by atoms with van der Waals surface area (Å²) in [5.74, 6) is 0.720. The van der Waals surface area contributed by atoms with Gasteiger partial charge < -0.3 is 9.72 Å². The molecular weight excluding hydrogens is 242 g/mol. The summed E-state index contributed by atoms with van der Waals surface area (Å²) in [6.07, 6.45) is 0.237. The van der Waals surface area contributed by atoms with Crippen molar-refractivity contribution < 1.29 is 4.74 Å². The SMILES string of the molecule is CC1CN(Cc2nc3ccccc3c(=O)[nH]2)CCO1. The Morgan fingerprint density at radius 2 is 2.32 bits per heavy atom. The van der Waals surface area contributed by atoms with Crippen molar-refractivity contribution in [1.82, 2.24) is 14.9 Å². The Morgan fingerprint density at radius 3 is 3.16 bits per heavy atom. The maximum atomic E-state index is 12.0. The molecule has 5 heteroatoms. The van der Waals surface area contributed by atoms with E-state index in [9.17, 15) is 4.79 Å². The monoisotopic (exact) mass is 259 g/mol. The Balaban J connectivity index is 1.87. The first-order valence-corrected chi connectivity index (χ1v) is 6.54. The van der Waals surface area contributed by atoms with Crippen LogP contribution in [0, 0.1) is 0 Å². The van der Waals surface area contributed by atoms with Crippen LogP contribution in [0.15, 0.2) is 29.1 Å². The van der Waals surface area contributed by atoms with E-state index in [4.69, 9.17) is 4.74 Å². The van der Waals surface area contributed by atoms with Gasteiger partial charge in [0.1, 0.15) is 5.82 Å². The summed E-state index contributed by atoms with van der Waals surface area (Å²) < 4.78 is 5.51. The zero-order valence-corrected chi connectivity index (χ0v) is 10.9. The van der Waals surface area contributed by atoms with Gasteiger partial charge in [0, 0.05) is 13.1 Å². The first-order chi connectivity index (χ1) is 9.22. The number of rotatable bonds is 2. The molecule has 0 aliphatic carbocycles. The molecule has 1 aliphatic rings. The van der Waals surface area contributed by atoms with E-state index in [2.05, 4.69) is 21.8 Å². The van der Waals surface area contributed by atoms with E-state index in [1.165, 1.54) is 0 Å². The molecule has 19 heavy (non-hydrogen) atoms. The Hall–Kier alpha value is -1.72. The first kappa shape index (κ1) is 12.3. The highest BCUT2D eigenvalue weighted by Crippen LogP contribution is 2.09. The summed E-state index contributed by atoms with van der Waals surface area (Å²) in [5.41, 5.74) is 0.685. The lowest BCUT2D eigenvalue weighted by Crippen LogP contribution is -2.41. The second-order valence-electron chi connectivity index (χ2n) is 4.95. The fourth-order valence-corrected chi connectivity index (χ4v) is 2.46. The number of benzene rings is 1. The van der Waals surface area contributed by atoms with Gasteiger partial charge in [0.05, 0.1) is 30.2 Å². The van der Waals surface area contributed by atoms with E-state index < -0.39 is 0 Å². The smallest absolute Gasteiger partial charge is 0.258 e. The maximum absolute atomic E-state index is 12.0. The number of ether oxygens (including phenoxy) is 1. The molecule has 1 aromatic carbocycles. The van der Waals surface area contributed by atoms with Crippen molar-refractivity contribution >= 4 is 10.9 Å². The minimum atomic E-state index is -0.0677. The van der Waals surface area contributed by atoms with E-state index in [-0.39, 0.29) is 11.7 Å². The highest BCUT2D eigenvalue weighted by atomic mass is 16.5. The zero-order valence-electron chi connectivity index (χ0n) is 10.9. The molecule has 5 nitrogen and oxygen atoms in total. The number of morpholine rings is 1. The normalized spacial score (nSPS) is 20.8. The number of fused-ring (bicyclic) bond motifs is 1. The third-order valence-corrected chi connectivity index (χ3v) is 3.36. The molecule has 0 amide bonds. The molecule has 1 aromatic heterocycles. The van der Waals surface area contributed by atoms with Gasteiger partial charge in [-0.3, -0.25) is 9.69 Å². The van der Waals surface area contributed by atoms with Gasteiger partial charge in [-0.1, -0.05) is 12.1 Å². The van der Waals surface area contributed by atoms with Crippen molar-refractivity contribution in [3.63, 3.8) is 0 Å². The van der Waals surface area contributed by atoms with Crippen LogP contribution in [0.25, 0.3) is 10.9 Å². The molecule has 1 unspecified atom stereocenters. The molecule has 0 bridgehead atoms. The average Bonchev–Trinajstić information content (AvgIpc) is 2.39. The Morgan fingerprint density at radius 1 is 1.47 bits per heavy atom. The molecule has 1 aliphatic heterocycles. The van der Waals surface area contributed by atoms with Crippen LogP contribution in [0.3, 0.4) is 0 Å². The third kappa shape index (κ3) is 2.67. The van der Waals surface area contributed by atoms with Gasteiger partial charge in [0.2, 0.25) is 0 Å². The number of para-hydroxylation sites is 1. The summed E-state index contributed by atoms with van der Waals surface area (Å²) in [6.45, 7) is 5.20. The van der Waals surface area contributed by atoms with Gasteiger partial charge in [-0.05, 0) is 19.1 Å². The summed E-state index contributed by atoms with van der Waals surface area (Å²) in [4.78, 5) is 21.6. The van der Waals surface area contributed by atoms with Gasteiger partial charge in [0.25, 0.3) is 5.56 Å². The number of aromatic nitrogens is 2. The van der Waals surface area contributed by atoms with Gasteiger partial charge in [-0.25, -0.2) is 4.98 Å². The predicted molar refractivity (Wildman–Crippen MR) is 73.1 cm³/mol. The topological polar surface area (TPSA) is 58.2 Å². The highest BCUT2D eigenvalue weighted by molar-refractivity contribution is 5.77. The molecular formula is C14H17N3O2. The van der Waals surface area contributed by atoms with Crippen molar-refractivity contribution in [3.05, 3.63) is 40.4 Å². The number of aromatic amines is 1. The molecule has 2 heterocycles. The van der Waals surface area contributed by atoms with Crippen molar-refractivity contribution in [2.24, 2.45) is 0 Å². The van der Waals surface area contributed by atoms with Crippen LogP contribution >= 0.6 is 0 Å². The minimum absolute atomic E-state index is 0.0677. The van der Waals surface area contributed by atoms with Crippen LogP contribution in [0.2, 0.25) is 0 Å². The maximum Gasteiger partial charge on any atom is 0.258 e. The van der Waals surface area contributed by atoms with Crippen LogP contribution in [0.1, 0.15) is 12.7 Å². The van der Waals surface area contributed by atoms with E-state index in [0.717, 1.165) is 31.0 Å². The highest BCUT2D eigenvalue weighted by Gasteiger charge is 2.17. The standard InChI is InChI=1S/C14H17N3O2/c1-10-8-17(6-7-19-10)9-13-15-12-5-3-2-4-11(12)14(18)16-13/h2-5,10H,6-9H2,1H3,(H,15,16,18). The zero-order chi connectivity index (χ0) is 13.2. The Labute approximate surface area is 111 Å². The van der Waals surface area contributed by atoms with Crippen molar-refractivity contribution in [1.29, 1.82) is 0 Å². The molecule has 1 saturated heterocycles. The van der Waals surface area contributed by atoms with Crippen LogP contribution in [0.5, 0.6) is 0 Å². The van der Waals surface area contributed by atoms with E-state index in [1.54, 1.807) is 6.07 Å². The van der Waals surface area contributed by atoms with Gasteiger partial charge in [-0.15, -0.1) is 0 Å². The van der Waals surface area contributed by atoms with Crippen LogP contribution in [0.4, 0.5) is 0 Å². The van der Waals surface area contributed by atoms with Crippen LogP contribution < -0.4 is 5.56 Å². The number of H-pyrrole nitrogens is 1. The number of nitrogens with zero attached hydrogens (tertiary/aromatic N) is 2. The van der Waals surface area contributed by atoms with Gasteiger partial charge in [0.15, 0.2) is 0 Å². The number of hydrogen-bond donors (Lipinski definition) is 1. The molecule has 0 radical (unpaired) electrons. The Kier molecular flexibility index (Phi) is 3.31. The molecule has 1 fully saturated rings. The quantitative estimate of drug-likeness (QED) is 0.878. The fourth-order valence-electron chi connectivity index (χ4n) is 2.46. The molecule has 1 atom stereocenters. The van der Waals surface area contributed by atoms with E-state index in [1.807, 2.05) is 18.2 Å². The van der Waals surface area contributed by atoms with Crippen molar-refractivity contribution in [2.45, 2.75) is 19.6 Å². The largest absolute Gasteiger partial charge is 0.376 e. The first-order valence-electron chi connectivity index (χ1n) is 6.54. The molecule has 0 saturated carbocycles. The average molecular weight is 259 g/mol. The summed E-state index contributed by atoms with van der Waals surface area (Å²) in [6, 6.07) is 7.41. The summed E-state index contributed by atoms with van der Waals surface area (Å²) >= 11 is 0. The van der Waals surface area contributed by atoms with Crippen molar-refractivity contribution in [2.75, 3.05) is 19.7 Å². The number of hydrogen-bond acceptors (Lipinski definition) is 4. The minimum Gasteiger partial charge on any atom is -0.376 e. The molecule has 3 rings (SSSR count). The van der Waals surface area contributed by atoms with Crippen LogP contribution in [-0.2, 0) is 11.3 Å². The molecule has 100 valence electrons. The number of nitrogens with one attached hydrogen (secondary N) is 1. The molecule has 2 aromatic rings. The lowest BCUT2D eigenvalue weighted by molar-refractivity contribution is -0.0219. The van der Waals surface area contributed by atoms with Crippen LogP contribution in [-0.4, -0.2) is 40.7 Å². The summed E-state index contributed by atoms with van der Waals surface area (Å²) in [5, 5.41) is 0.640. The van der Waals surface area contributed by atoms with E-state index >= 15 is 0 Å². The lowest BCUT2D eigenvalue weighted by Gasteiger charge is -2.30. The van der Waals surface area contributed by atoms with Crippen molar-refractivity contribution in [3.8, 4) is 0 Å². The Bertz CT molecular complexity index is 638. The second-order valence-corrected chi connectivity index (χ2v) is 4.95. The second kappa shape index (κ2) is 5.11.